The van der Waals surface area contributed by atoms with Crippen molar-refractivity contribution >= 4 is 16.7 Å². The highest BCUT2D eigenvalue weighted by molar-refractivity contribution is 5.98. The number of nitrogens with zero attached hydrogens (tertiary/aromatic N) is 1. The second kappa shape index (κ2) is 7.26. The molecule has 0 saturated heterocycles. The molecule has 0 saturated carbocycles. The number of amides is 1. The summed E-state index contributed by atoms with van der Waals surface area (Å²) in [5, 5.41) is 2.32. The molecule has 0 bridgehead atoms. The van der Waals surface area contributed by atoms with E-state index in [4.69, 9.17) is 9.47 Å². The van der Waals surface area contributed by atoms with Gasteiger partial charge in [0.25, 0.3) is 5.91 Å². The normalized spacial score (nSPS) is 10.5. The van der Waals surface area contributed by atoms with E-state index in [1.807, 2.05) is 18.2 Å². The maximum atomic E-state index is 12.9. The number of carbonyl (C=O) groups excluding carboxylic acids is 1. The SMILES string of the molecule is COc1cccc(C(=O)N(C)Cc2cccc3ccccc23)c1OC. The van der Waals surface area contributed by atoms with Crippen molar-refractivity contribution in [1.29, 1.82) is 0 Å². The fraction of sp³-hybridized carbons (Fsp3) is 0.190. The summed E-state index contributed by atoms with van der Waals surface area (Å²) in [5.74, 6) is 0.898. The first-order chi connectivity index (χ1) is 12.2. The molecule has 0 unspecified atom stereocenters. The molecule has 128 valence electrons. The zero-order valence-corrected chi connectivity index (χ0v) is 14.7. The minimum Gasteiger partial charge on any atom is -0.493 e. The van der Waals surface area contributed by atoms with Gasteiger partial charge in [-0.15, -0.1) is 0 Å². The smallest absolute Gasteiger partial charge is 0.257 e. The number of hydrogen-bond acceptors (Lipinski definition) is 3. The molecule has 0 fully saturated rings. The van der Waals surface area contributed by atoms with Crippen molar-refractivity contribution in [2.75, 3.05) is 21.3 Å². The first kappa shape index (κ1) is 16.8. The fourth-order valence-corrected chi connectivity index (χ4v) is 3.02. The molecule has 0 aliphatic carbocycles. The molecule has 25 heavy (non-hydrogen) atoms. The minimum atomic E-state index is -0.108. The Balaban J connectivity index is 1.91. The molecular formula is C21H21NO3. The van der Waals surface area contributed by atoms with Gasteiger partial charge in [0.05, 0.1) is 19.8 Å². The summed E-state index contributed by atoms with van der Waals surface area (Å²) in [4.78, 5) is 14.6. The summed E-state index contributed by atoms with van der Waals surface area (Å²) in [5.41, 5.74) is 1.60. The van der Waals surface area contributed by atoms with Crippen LogP contribution in [0.5, 0.6) is 11.5 Å². The van der Waals surface area contributed by atoms with E-state index in [1.54, 1.807) is 44.4 Å². The Labute approximate surface area is 147 Å². The summed E-state index contributed by atoms with van der Waals surface area (Å²) >= 11 is 0. The van der Waals surface area contributed by atoms with Crippen molar-refractivity contribution in [3.63, 3.8) is 0 Å². The number of fused-ring (bicyclic) bond motifs is 1. The zero-order valence-electron chi connectivity index (χ0n) is 14.7. The highest BCUT2D eigenvalue weighted by Gasteiger charge is 2.20. The van der Waals surface area contributed by atoms with Gasteiger partial charge in [-0.2, -0.15) is 0 Å². The summed E-state index contributed by atoms with van der Waals surface area (Å²) in [6.07, 6.45) is 0. The average Bonchev–Trinajstić information content (AvgIpc) is 2.66. The molecule has 0 radical (unpaired) electrons. The summed E-state index contributed by atoms with van der Waals surface area (Å²) < 4.78 is 10.7. The minimum absolute atomic E-state index is 0.108. The predicted molar refractivity (Wildman–Crippen MR) is 99.3 cm³/mol. The van der Waals surface area contributed by atoms with Gasteiger partial charge in [-0.1, -0.05) is 48.5 Å². The predicted octanol–water partition coefficient (Wildman–Crippen LogP) is 4.13. The molecule has 0 heterocycles. The van der Waals surface area contributed by atoms with E-state index >= 15 is 0 Å². The van der Waals surface area contributed by atoms with Crippen molar-refractivity contribution in [3.8, 4) is 11.5 Å². The maximum absolute atomic E-state index is 12.9. The number of hydrogen-bond donors (Lipinski definition) is 0. The highest BCUT2D eigenvalue weighted by Crippen LogP contribution is 2.31. The lowest BCUT2D eigenvalue weighted by Crippen LogP contribution is -2.26. The molecule has 3 rings (SSSR count). The van der Waals surface area contributed by atoms with E-state index < -0.39 is 0 Å². The Morgan fingerprint density at radius 2 is 1.64 bits per heavy atom. The van der Waals surface area contributed by atoms with Crippen LogP contribution in [0.2, 0.25) is 0 Å². The van der Waals surface area contributed by atoms with Gasteiger partial charge in [-0.3, -0.25) is 4.79 Å². The average molecular weight is 335 g/mol. The third-order valence-corrected chi connectivity index (χ3v) is 4.27. The number of ether oxygens (including phenoxy) is 2. The van der Waals surface area contributed by atoms with Crippen LogP contribution in [-0.2, 0) is 6.54 Å². The Kier molecular flexibility index (Phi) is 4.89. The molecule has 0 atom stereocenters. The second-order valence-electron chi connectivity index (χ2n) is 5.84. The van der Waals surface area contributed by atoms with E-state index in [0.29, 0.717) is 23.6 Å². The second-order valence-corrected chi connectivity index (χ2v) is 5.84. The Bertz CT molecular complexity index is 899. The van der Waals surface area contributed by atoms with Crippen LogP contribution in [0.3, 0.4) is 0 Å². The molecule has 0 aliphatic rings. The molecule has 0 N–H and O–H groups in total. The van der Waals surface area contributed by atoms with E-state index in [-0.39, 0.29) is 5.91 Å². The van der Waals surface area contributed by atoms with Gasteiger partial charge in [0.2, 0.25) is 0 Å². The Hall–Kier alpha value is -3.01. The van der Waals surface area contributed by atoms with Crippen LogP contribution in [0.15, 0.2) is 60.7 Å². The van der Waals surface area contributed by atoms with E-state index in [2.05, 4.69) is 24.3 Å². The number of benzene rings is 3. The summed E-state index contributed by atoms with van der Waals surface area (Å²) in [7, 11) is 4.90. The molecule has 3 aromatic carbocycles. The third-order valence-electron chi connectivity index (χ3n) is 4.27. The first-order valence-corrected chi connectivity index (χ1v) is 8.08. The van der Waals surface area contributed by atoms with Crippen LogP contribution < -0.4 is 9.47 Å². The summed E-state index contributed by atoms with van der Waals surface area (Å²) in [6, 6.07) is 19.6. The molecule has 1 amide bonds. The Morgan fingerprint density at radius 3 is 2.40 bits per heavy atom. The van der Waals surface area contributed by atoms with Crippen LogP contribution in [0.25, 0.3) is 10.8 Å². The molecule has 0 aromatic heterocycles. The van der Waals surface area contributed by atoms with Gasteiger partial charge in [0.1, 0.15) is 0 Å². The monoisotopic (exact) mass is 335 g/mol. The number of methoxy groups -OCH3 is 2. The lowest BCUT2D eigenvalue weighted by atomic mass is 10.0. The van der Waals surface area contributed by atoms with Crippen LogP contribution in [0.1, 0.15) is 15.9 Å². The molecule has 3 aromatic rings. The van der Waals surface area contributed by atoms with Crippen LogP contribution in [0.4, 0.5) is 0 Å². The maximum Gasteiger partial charge on any atom is 0.257 e. The van der Waals surface area contributed by atoms with Crippen LogP contribution in [-0.4, -0.2) is 32.1 Å². The topological polar surface area (TPSA) is 38.8 Å². The van der Waals surface area contributed by atoms with Crippen molar-refractivity contribution in [2.45, 2.75) is 6.54 Å². The molecular weight excluding hydrogens is 314 g/mol. The fourth-order valence-electron chi connectivity index (χ4n) is 3.02. The Morgan fingerprint density at radius 1 is 0.920 bits per heavy atom. The van der Waals surface area contributed by atoms with Crippen LogP contribution in [0, 0.1) is 0 Å². The number of rotatable bonds is 5. The zero-order chi connectivity index (χ0) is 17.8. The van der Waals surface area contributed by atoms with Crippen molar-refractivity contribution < 1.29 is 14.3 Å². The number of carbonyl (C=O) groups is 1. The van der Waals surface area contributed by atoms with Gasteiger partial charge in [0, 0.05) is 13.6 Å². The van der Waals surface area contributed by atoms with Crippen molar-refractivity contribution in [3.05, 3.63) is 71.8 Å². The van der Waals surface area contributed by atoms with Crippen LogP contribution >= 0.6 is 0 Å². The quantitative estimate of drug-likeness (QED) is 0.704. The van der Waals surface area contributed by atoms with Gasteiger partial charge >= 0.3 is 0 Å². The largest absolute Gasteiger partial charge is 0.493 e. The lowest BCUT2D eigenvalue weighted by molar-refractivity contribution is 0.0781. The molecule has 0 aliphatic heterocycles. The first-order valence-electron chi connectivity index (χ1n) is 8.08. The molecule has 4 heteroatoms. The van der Waals surface area contributed by atoms with Crippen molar-refractivity contribution in [1.82, 2.24) is 4.90 Å². The molecule has 0 spiro atoms. The van der Waals surface area contributed by atoms with E-state index in [0.717, 1.165) is 10.9 Å². The highest BCUT2D eigenvalue weighted by atomic mass is 16.5. The summed E-state index contributed by atoms with van der Waals surface area (Å²) in [6.45, 7) is 0.514. The standard InChI is InChI=1S/C21H21NO3/c1-22(14-16-10-6-9-15-8-4-5-11-17(15)16)21(23)18-12-7-13-19(24-2)20(18)25-3/h4-13H,14H2,1-3H3. The lowest BCUT2D eigenvalue weighted by Gasteiger charge is -2.20. The van der Waals surface area contributed by atoms with Crippen molar-refractivity contribution in [2.24, 2.45) is 0 Å². The van der Waals surface area contributed by atoms with Gasteiger partial charge in [0.15, 0.2) is 11.5 Å². The van der Waals surface area contributed by atoms with Gasteiger partial charge in [-0.25, -0.2) is 0 Å². The van der Waals surface area contributed by atoms with Gasteiger partial charge < -0.3 is 14.4 Å². The molecule has 4 nitrogen and oxygen atoms in total. The number of para-hydroxylation sites is 1. The van der Waals surface area contributed by atoms with E-state index in [1.165, 1.54) is 5.39 Å². The van der Waals surface area contributed by atoms with E-state index in [9.17, 15) is 4.79 Å². The third kappa shape index (κ3) is 3.29. The van der Waals surface area contributed by atoms with Gasteiger partial charge in [-0.05, 0) is 28.5 Å².